The van der Waals surface area contributed by atoms with E-state index in [2.05, 4.69) is 15.6 Å². The van der Waals surface area contributed by atoms with Gasteiger partial charge in [0.1, 0.15) is 0 Å². The van der Waals surface area contributed by atoms with Crippen molar-refractivity contribution in [1.82, 2.24) is 5.32 Å². The second kappa shape index (κ2) is 11.0. The van der Waals surface area contributed by atoms with Crippen LogP contribution in [0.4, 0.5) is 5.69 Å². The standard InChI is InChI=1S/C18H22N4O3S.HI/c19-18(21-8-2-7-20-17(23)16-4-1-11-26-16)22-13-5-6-14-15(12-13)25-10-3-9-24-14;/h1,4-6,11-12H,2-3,7-10H2,(H,20,23)(H3,19,21,22);1H. The second-order valence-electron chi connectivity index (χ2n) is 5.69. The number of carbonyl (C=O) groups excluding carboxylic acids is 1. The molecule has 0 fully saturated rings. The van der Waals surface area contributed by atoms with Crippen LogP contribution in [0.2, 0.25) is 0 Å². The quantitative estimate of drug-likeness (QED) is 0.244. The highest BCUT2D eigenvalue weighted by molar-refractivity contribution is 14.0. The molecule has 3 rings (SSSR count). The van der Waals surface area contributed by atoms with Gasteiger partial charge in [0.15, 0.2) is 17.5 Å². The summed E-state index contributed by atoms with van der Waals surface area (Å²) in [6, 6.07) is 9.24. The highest BCUT2D eigenvalue weighted by Gasteiger charge is 2.10. The molecule has 0 radical (unpaired) electrons. The Kier molecular flexibility index (Phi) is 8.65. The van der Waals surface area contributed by atoms with Gasteiger partial charge in [-0.05, 0) is 30.0 Å². The lowest BCUT2D eigenvalue weighted by molar-refractivity contribution is 0.0957. The van der Waals surface area contributed by atoms with E-state index in [1.54, 1.807) is 6.07 Å². The van der Waals surface area contributed by atoms with E-state index in [9.17, 15) is 4.79 Å². The van der Waals surface area contributed by atoms with Crippen molar-refractivity contribution in [3.05, 3.63) is 40.6 Å². The molecule has 0 atom stereocenters. The van der Waals surface area contributed by atoms with Crippen LogP contribution in [0, 0.1) is 0 Å². The van der Waals surface area contributed by atoms with Crippen LogP contribution in [0.3, 0.4) is 0 Å². The number of hydrogen-bond acceptors (Lipinski definition) is 5. The number of aliphatic imine (C=N–C) groups is 1. The number of benzene rings is 1. The third-order valence-electron chi connectivity index (χ3n) is 3.67. The summed E-state index contributed by atoms with van der Waals surface area (Å²) in [6.07, 6.45) is 1.57. The van der Waals surface area contributed by atoms with Crippen molar-refractivity contribution in [3.63, 3.8) is 0 Å². The molecule has 2 heterocycles. The molecule has 0 bridgehead atoms. The zero-order chi connectivity index (χ0) is 18.2. The van der Waals surface area contributed by atoms with Gasteiger partial charge in [0, 0.05) is 31.3 Å². The molecule has 1 aromatic heterocycles. The van der Waals surface area contributed by atoms with E-state index in [1.807, 2.05) is 29.6 Å². The Bertz CT molecular complexity index is 768. The van der Waals surface area contributed by atoms with Crippen molar-refractivity contribution in [2.24, 2.45) is 10.7 Å². The summed E-state index contributed by atoms with van der Waals surface area (Å²) in [5.41, 5.74) is 6.71. The maximum atomic E-state index is 11.8. The fourth-order valence-electron chi connectivity index (χ4n) is 2.40. The van der Waals surface area contributed by atoms with Gasteiger partial charge in [-0.1, -0.05) is 6.07 Å². The van der Waals surface area contributed by atoms with Crippen LogP contribution in [0.1, 0.15) is 22.5 Å². The van der Waals surface area contributed by atoms with E-state index in [4.69, 9.17) is 15.2 Å². The molecule has 0 spiro atoms. The van der Waals surface area contributed by atoms with E-state index < -0.39 is 0 Å². The molecule has 0 unspecified atom stereocenters. The molecule has 1 aromatic carbocycles. The van der Waals surface area contributed by atoms with Crippen LogP contribution in [-0.4, -0.2) is 38.2 Å². The van der Waals surface area contributed by atoms with Crippen LogP contribution < -0.4 is 25.8 Å². The Labute approximate surface area is 179 Å². The van der Waals surface area contributed by atoms with Crippen LogP contribution in [-0.2, 0) is 0 Å². The molecule has 0 aliphatic carbocycles. The molecule has 1 aliphatic rings. The predicted octanol–water partition coefficient (Wildman–Crippen LogP) is 3.07. The van der Waals surface area contributed by atoms with Crippen LogP contribution in [0.15, 0.2) is 40.7 Å². The van der Waals surface area contributed by atoms with E-state index in [0.29, 0.717) is 49.3 Å². The number of nitrogens with two attached hydrogens (primary N) is 1. The summed E-state index contributed by atoms with van der Waals surface area (Å²) in [4.78, 5) is 16.8. The topological polar surface area (TPSA) is 98.0 Å². The Balaban J connectivity index is 0.00000261. The number of fused-ring (bicyclic) bond motifs is 1. The van der Waals surface area contributed by atoms with Gasteiger partial charge in [-0.25, -0.2) is 0 Å². The first-order valence-corrected chi connectivity index (χ1v) is 9.38. The van der Waals surface area contributed by atoms with Gasteiger partial charge in [-0.3, -0.25) is 9.79 Å². The summed E-state index contributed by atoms with van der Waals surface area (Å²) in [5, 5.41) is 7.78. The number of carbonyl (C=O) groups is 1. The number of nitrogens with one attached hydrogen (secondary N) is 2. The van der Waals surface area contributed by atoms with Crippen molar-refractivity contribution in [2.75, 3.05) is 31.6 Å². The minimum Gasteiger partial charge on any atom is -0.490 e. The van der Waals surface area contributed by atoms with Crippen molar-refractivity contribution in [2.45, 2.75) is 12.8 Å². The van der Waals surface area contributed by atoms with Gasteiger partial charge < -0.3 is 25.8 Å². The van der Waals surface area contributed by atoms with Gasteiger partial charge in [0.2, 0.25) is 0 Å². The summed E-state index contributed by atoms with van der Waals surface area (Å²) in [5.74, 6) is 1.72. The molecular formula is C18H23IN4O3S. The van der Waals surface area contributed by atoms with Crippen molar-refractivity contribution in [1.29, 1.82) is 0 Å². The Hall–Kier alpha value is -2.01. The number of rotatable bonds is 6. The first-order chi connectivity index (χ1) is 12.7. The van der Waals surface area contributed by atoms with Crippen LogP contribution in [0.25, 0.3) is 0 Å². The normalized spacial score (nSPS) is 13.3. The Morgan fingerprint density at radius 2 is 2.04 bits per heavy atom. The first kappa shape index (κ1) is 21.3. The fraction of sp³-hybridized carbons (Fsp3) is 0.333. The molecule has 4 N–H and O–H groups in total. The van der Waals surface area contributed by atoms with E-state index >= 15 is 0 Å². The molecular weight excluding hydrogens is 479 g/mol. The number of nitrogens with zero attached hydrogens (tertiary/aromatic N) is 1. The number of anilines is 1. The lowest BCUT2D eigenvalue weighted by Gasteiger charge is -2.10. The fourth-order valence-corrected chi connectivity index (χ4v) is 3.04. The molecule has 2 aromatic rings. The summed E-state index contributed by atoms with van der Waals surface area (Å²) < 4.78 is 11.3. The van der Waals surface area contributed by atoms with E-state index in [1.165, 1.54) is 11.3 Å². The van der Waals surface area contributed by atoms with Crippen molar-refractivity contribution >= 4 is 52.9 Å². The third-order valence-corrected chi connectivity index (χ3v) is 4.54. The maximum absolute atomic E-state index is 11.8. The average Bonchev–Trinajstić information content (AvgIpc) is 3.07. The summed E-state index contributed by atoms with van der Waals surface area (Å²) in [6.45, 7) is 2.37. The van der Waals surface area contributed by atoms with Crippen LogP contribution >= 0.6 is 35.3 Å². The van der Waals surface area contributed by atoms with Crippen LogP contribution in [0.5, 0.6) is 11.5 Å². The van der Waals surface area contributed by atoms with Gasteiger partial charge in [0.25, 0.3) is 5.91 Å². The van der Waals surface area contributed by atoms with Gasteiger partial charge in [0.05, 0.1) is 18.1 Å². The molecule has 7 nitrogen and oxygen atoms in total. The number of thiophene rings is 1. The largest absolute Gasteiger partial charge is 0.490 e. The predicted molar refractivity (Wildman–Crippen MR) is 119 cm³/mol. The Morgan fingerprint density at radius 1 is 1.22 bits per heavy atom. The number of guanidine groups is 1. The zero-order valence-electron chi connectivity index (χ0n) is 14.8. The first-order valence-electron chi connectivity index (χ1n) is 8.50. The van der Waals surface area contributed by atoms with Gasteiger partial charge in [-0.2, -0.15) is 0 Å². The number of amides is 1. The molecule has 0 saturated carbocycles. The minimum absolute atomic E-state index is 0. The molecule has 27 heavy (non-hydrogen) atoms. The van der Waals surface area contributed by atoms with Gasteiger partial charge in [-0.15, -0.1) is 35.3 Å². The van der Waals surface area contributed by atoms with Crippen molar-refractivity contribution < 1.29 is 14.3 Å². The molecule has 1 aliphatic heterocycles. The number of halogens is 1. The zero-order valence-corrected chi connectivity index (χ0v) is 17.9. The molecule has 146 valence electrons. The lowest BCUT2D eigenvalue weighted by Crippen LogP contribution is -2.25. The molecule has 9 heteroatoms. The smallest absolute Gasteiger partial charge is 0.261 e. The van der Waals surface area contributed by atoms with E-state index in [-0.39, 0.29) is 29.9 Å². The highest BCUT2D eigenvalue weighted by atomic mass is 127. The third kappa shape index (κ3) is 6.58. The second-order valence-corrected chi connectivity index (χ2v) is 6.64. The minimum atomic E-state index is -0.0535. The highest BCUT2D eigenvalue weighted by Crippen LogP contribution is 2.32. The average molecular weight is 502 g/mol. The Morgan fingerprint density at radius 3 is 2.81 bits per heavy atom. The summed E-state index contributed by atoms with van der Waals surface area (Å²) >= 11 is 1.42. The maximum Gasteiger partial charge on any atom is 0.261 e. The summed E-state index contributed by atoms with van der Waals surface area (Å²) in [7, 11) is 0. The van der Waals surface area contributed by atoms with Gasteiger partial charge >= 0.3 is 0 Å². The lowest BCUT2D eigenvalue weighted by atomic mass is 10.3. The van der Waals surface area contributed by atoms with Crippen molar-refractivity contribution in [3.8, 4) is 11.5 Å². The van der Waals surface area contributed by atoms with E-state index in [0.717, 1.165) is 17.9 Å². The molecule has 1 amide bonds. The number of ether oxygens (including phenoxy) is 2. The monoisotopic (exact) mass is 502 g/mol. The molecule has 0 saturated heterocycles. The SMILES string of the molecule is I.NC(=NCCCNC(=O)c1cccs1)Nc1ccc2c(c1)OCCCO2. The number of hydrogen-bond donors (Lipinski definition) is 3.